The van der Waals surface area contributed by atoms with Crippen molar-refractivity contribution in [1.82, 2.24) is 9.62 Å². The quantitative estimate of drug-likeness (QED) is 0.859. The van der Waals surface area contributed by atoms with Gasteiger partial charge in [-0.15, -0.1) is 0 Å². The summed E-state index contributed by atoms with van der Waals surface area (Å²) in [7, 11) is -1.82. The Labute approximate surface area is 125 Å². The van der Waals surface area contributed by atoms with Crippen LogP contribution in [0.3, 0.4) is 0 Å². The Morgan fingerprint density at radius 1 is 1.43 bits per heavy atom. The second kappa shape index (κ2) is 6.54. The van der Waals surface area contributed by atoms with E-state index in [-0.39, 0.29) is 22.6 Å². The maximum atomic E-state index is 12.5. The second-order valence-corrected chi connectivity index (χ2v) is 6.73. The van der Waals surface area contributed by atoms with Crippen molar-refractivity contribution in [3.05, 3.63) is 29.8 Å². The zero-order valence-corrected chi connectivity index (χ0v) is 12.9. The molecule has 21 heavy (non-hydrogen) atoms. The molecule has 0 amide bonds. The second-order valence-electron chi connectivity index (χ2n) is 5.05. The first kappa shape index (κ1) is 15.9. The summed E-state index contributed by atoms with van der Waals surface area (Å²) in [4.78, 5) is 2.03. The first-order valence-corrected chi connectivity index (χ1v) is 8.28. The van der Waals surface area contributed by atoms with Gasteiger partial charge in [0, 0.05) is 19.7 Å². The molecule has 0 aliphatic carbocycles. The molecular weight excluding hydrogens is 290 g/mol. The molecule has 0 bridgehead atoms. The SMILES string of the molecule is CCO[C@H]1CN(C)C[C@@H]1NS(=O)(=O)c1ccccc1C#N. The van der Waals surface area contributed by atoms with Crippen molar-refractivity contribution in [2.24, 2.45) is 0 Å². The molecule has 6 nitrogen and oxygen atoms in total. The molecule has 1 aromatic rings. The molecule has 0 radical (unpaired) electrons. The number of rotatable bonds is 5. The molecule has 1 fully saturated rings. The lowest BCUT2D eigenvalue weighted by Gasteiger charge is -2.20. The molecule has 1 aliphatic heterocycles. The highest BCUT2D eigenvalue weighted by atomic mass is 32.2. The van der Waals surface area contributed by atoms with Crippen molar-refractivity contribution in [3.63, 3.8) is 0 Å². The van der Waals surface area contributed by atoms with E-state index in [0.29, 0.717) is 19.7 Å². The van der Waals surface area contributed by atoms with E-state index in [1.165, 1.54) is 12.1 Å². The normalized spacial score (nSPS) is 23.1. The lowest BCUT2D eigenvalue weighted by atomic mass is 10.2. The van der Waals surface area contributed by atoms with Gasteiger partial charge in [0.1, 0.15) is 6.07 Å². The number of hydrogen-bond acceptors (Lipinski definition) is 5. The van der Waals surface area contributed by atoms with Gasteiger partial charge in [0.15, 0.2) is 0 Å². The summed E-state index contributed by atoms with van der Waals surface area (Å²) in [5.41, 5.74) is 0.143. The van der Waals surface area contributed by atoms with E-state index in [9.17, 15) is 8.42 Å². The monoisotopic (exact) mass is 309 g/mol. The Hall–Kier alpha value is -1.46. The Kier molecular flexibility index (Phi) is 4.96. The third-order valence-corrected chi connectivity index (χ3v) is 4.98. The summed E-state index contributed by atoms with van der Waals surface area (Å²) in [5, 5.41) is 9.05. The van der Waals surface area contributed by atoms with Crippen LogP contribution >= 0.6 is 0 Å². The summed E-state index contributed by atoms with van der Waals surface area (Å²) >= 11 is 0. The first-order valence-electron chi connectivity index (χ1n) is 6.79. The van der Waals surface area contributed by atoms with Crippen LogP contribution in [0.1, 0.15) is 12.5 Å². The molecule has 2 atom stereocenters. The summed E-state index contributed by atoms with van der Waals surface area (Å²) < 4.78 is 33.2. The van der Waals surface area contributed by atoms with Gasteiger partial charge in [-0.3, -0.25) is 0 Å². The van der Waals surface area contributed by atoms with Gasteiger partial charge < -0.3 is 9.64 Å². The van der Waals surface area contributed by atoms with Gasteiger partial charge in [-0.2, -0.15) is 5.26 Å². The van der Waals surface area contributed by atoms with Crippen LogP contribution in [0, 0.1) is 11.3 Å². The molecule has 0 spiro atoms. The van der Waals surface area contributed by atoms with Crippen LogP contribution in [0.2, 0.25) is 0 Å². The van der Waals surface area contributed by atoms with Crippen LogP contribution in [0.5, 0.6) is 0 Å². The highest BCUT2D eigenvalue weighted by Gasteiger charge is 2.35. The number of ether oxygens (including phenoxy) is 1. The Balaban J connectivity index is 2.23. The number of likely N-dealkylation sites (N-methyl/N-ethyl adjacent to an activating group) is 1. The fraction of sp³-hybridized carbons (Fsp3) is 0.500. The Morgan fingerprint density at radius 2 is 2.14 bits per heavy atom. The molecule has 1 aliphatic rings. The van der Waals surface area contributed by atoms with E-state index in [0.717, 1.165) is 0 Å². The number of sulfonamides is 1. The van der Waals surface area contributed by atoms with Gasteiger partial charge in [0.05, 0.1) is 22.6 Å². The number of nitriles is 1. The average molecular weight is 309 g/mol. The highest BCUT2D eigenvalue weighted by molar-refractivity contribution is 7.89. The molecule has 1 aromatic carbocycles. The average Bonchev–Trinajstić information content (AvgIpc) is 2.78. The number of benzene rings is 1. The number of nitrogens with one attached hydrogen (secondary N) is 1. The smallest absolute Gasteiger partial charge is 0.242 e. The van der Waals surface area contributed by atoms with Crippen LogP contribution in [0.15, 0.2) is 29.2 Å². The third-order valence-electron chi connectivity index (χ3n) is 3.43. The molecule has 114 valence electrons. The van der Waals surface area contributed by atoms with Crippen molar-refractivity contribution in [3.8, 4) is 6.07 Å². The van der Waals surface area contributed by atoms with E-state index in [1.54, 1.807) is 12.1 Å². The summed E-state index contributed by atoms with van der Waals surface area (Å²) in [6.45, 7) is 3.68. The van der Waals surface area contributed by atoms with Gasteiger partial charge in [-0.25, -0.2) is 13.1 Å². The zero-order chi connectivity index (χ0) is 15.5. The maximum Gasteiger partial charge on any atom is 0.242 e. The van der Waals surface area contributed by atoms with Gasteiger partial charge >= 0.3 is 0 Å². The zero-order valence-electron chi connectivity index (χ0n) is 12.1. The standard InChI is InChI=1S/C14H19N3O3S/c1-3-20-13-10-17(2)9-12(13)16-21(18,19)14-7-5-4-6-11(14)8-15/h4-7,12-13,16H,3,9-10H2,1-2H3/t12-,13-/m0/s1. The van der Waals surface area contributed by atoms with Crippen molar-refractivity contribution < 1.29 is 13.2 Å². The minimum absolute atomic E-state index is 0.0114. The predicted octanol–water partition coefficient (Wildman–Crippen LogP) is 0.556. The Bertz CT molecular complexity index is 639. The molecule has 7 heteroatoms. The molecule has 1 saturated heterocycles. The largest absolute Gasteiger partial charge is 0.375 e. The third kappa shape index (κ3) is 3.60. The molecule has 1 heterocycles. The first-order chi connectivity index (χ1) is 9.97. The summed E-state index contributed by atoms with van der Waals surface area (Å²) in [6, 6.07) is 7.78. The van der Waals surface area contributed by atoms with Crippen LogP contribution in [-0.2, 0) is 14.8 Å². The number of hydrogen-bond donors (Lipinski definition) is 1. The lowest BCUT2D eigenvalue weighted by molar-refractivity contribution is 0.0589. The number of nitrogens with zero attached hydrogens (tertiary/aromatic N) is 2. The van der Waals surface area contributed by atoms with Crippen molar-refractivity contribution in [2.75, 3.05) is 26.7 Å². The van der Waals surface area contributed by atoms with Gasteiger partial charge in [-0.05, 0) is 26.1 Å². The Morgan fingerprint density at radius 3 is 2.81 bits per heavy atom. The summed E-state index contributed by atoms with van der Waals surface area (Å²) in [5.74, 6) is 0. The van der Waals surface area contributed by atoms with Crippen molar-refractivity contribution >= 4 is 10.0 Å². The van der Waals surface area contributed by atoms with Gasteiger partial charge in [0.25, 0.3) is 0 Å². The fourth-order valence-corrected chi connectivity index (χ4v) is 3.93. The van der Waals surface area contributed by atoms with Gasteiger partial charge in [0.2, 0.25) is 10.0 Å². The van der Waals surface area contributed by atoms with Crippen LogP contribution < -0.4 is 4.72 Å². The molecule has 0 saturated carbocycles. The topological polar surface area (TPSA) is 82.4 Å². The molecule has 1 N–H and O–H groups in total. The number of likely N-dealkylation sites (tertiary alicyclic amines) is 1. The molecule has 0 aromatic heterocycles. The summed E-state index contributed by atoms with van der Waals surface area (Å²) in [6.07, 6.45) is -0.177. The highest BCUT2D eigenvalue weighted by Crippen LogP contribution is 2.18. The van der Waals surface area contributed by atoms with E-state index in [1.807, 2.05) is 24.9 Å². The van der Waals surface area contributed by atoms with E-state index in [4.69, 9.17) is 10.00 Å². The van der Waals surface area contributed by atoms with Crippen molar-refractivity contribution in [1.29, 1.82) is 5.26 Å². The van der Waals surface area contributed by atoms with Crippen LogP contribution in [0.4, 0.5) is 0 Å². The lowest BCUT2D eigenvalue weighted by Crippen LogP contribution is -2.44. The van der Waals surface area contributed by atoms with Crippen LogP contribution in [0.25, 0.3) is 0 Å². The van der Waals surface area contributed by atoms with E-state index >= 15 is 0 Å². The van der Waals surface area contributed by atoms with E-state index < -0.39 is 10.0 Å². The predicted molar refractivity (Wildman–Crippen MR) is 78.2 cm³/mol. The van der Waals surface area contributed by atoms with Crippen LogP contribution in [-0.4, -0.2) is 52.2 Å². The van der Waals surface area contributed by atoms with Crippen molar-refractivity contribution in [2.45, 2.75) is 24.0 Å². The van der Waals surface area contributed by atoms with E-state index in [2.05, 4.69) is 4.72 Å². The minimum atomic E-state index is -3.74. The molecule has 2 rings (SSSR count). The molecular formula is C14H19N3O3S. The van der Waals surface area contributed by atoms with Gasteiger partial charge in [-0.1, -0.05) is 12.1 Å². The molecule has 0 unspecified atom stereocenters. The minimum Gasteiger partial charge on any atom is -0.375 e. The maximum absolute atomic E-state index is 12.5. The fourth-order valence-electron chi connectivity index (χ4n) is 2.51.